The highest BCUT2D eigenvalue weighted by Crippen LogP contribution is 2.24. The minimum atomic E-state index is -3.74. The molecule has 0 aliphatic carbocycles. The Labute approximate surface area is 204 Å². The number of para-hydroxylation sites is 1. The maximum absolute atomic E-state index is 13.7. The highest BCUT2D eigenvalue weighted by molar-refractivity contribution is 7.92. The molecule has 0 saturated carbocycles. The molecule has 0 aromatic heterocycles. The predicted molar refractivity (Wildman–Crippen MR) is 137 cm³/mol. The van der Waals surface area contributed by atoms with Gasteiger partial charge in [0.15, 0.2) is 0 Å². The highest BCUT2D eigenvalue weighted by Gasteiger charge is 2.32. The van der Waals surface area contributed by atoms with Gasteiger partial charge in [-0.3, -0.25) is 13.9 Å². The summed E-state index contributed by atoms with van der Waals surface area (Å²) in [6, 6.07) is 14.2. The lowest BCUT2D eigenvalue weighted by molar-refractivity contribution is -0.140. The fraction of sp³-hybridized carbons (Fsp3) is 0.462. The van der Waals surface area contributed by atoms with Crippen LogP contribution in [-0.2, 0) is 32.6 Å². The third kappa shape index (κ3) is 7.06. The third-order valence-corrected chi connectivity index (χ3v) is 6.98. The van der Waals surface area contributed by atoms with Crippen molar-refractivity contribution in [2.45, 2.75) is 59.5 Å². The minimum Gasteiger partial charge on any atom is -0.354 e. The molecular formula is C26H37N3O4S. The van der Waals surface area contributed by atoms with E-state index in [1.807, 2.05) is 64.1 Å². The molecule has 186 valence electrons. The Morgan fingerprint density at radius 1 is 0.971 bits per heavy atom. The third-order valence-electron chi connectivity index (χ3n) is 5.86. The largest absolute Gasteiger partial charge is 0.354 e. The van der Waals surface area contributed by atoms with Gasteiger partial charge in [-0.15, -0.1) is 0 Å². The first kappa shape index (κ1) is 27.4. The number of carbonyl (C=O) groups excluding carboxylic acids is 2. The van der Waals surface area contributed by atoms with Crippen LogP contribution in [0.1, 0.15) is 50.3 Å². The van der Waals surface area contributed by atoms with E-state index in [9.17, 15) is 18.0 Å². The number of hydrogen-bond donors (Lipinski definition) is 1. The second kappa shape index (κ2) is 12.6. The van der Waals surface area contributed by atoms with Gasteiger partial charge in [-0.05, 0) is 48.9 Å². The number of anilines is 1. The van der Waals surface area contributed by atoms with Crippen molar-refractivity contribution in [1.82, 2.24) is 10.2 Å². The quantitative estimate of drug-likeness (QED) is 0.495. The molecule has 2 rings (SSSR count). The van der Waals surface area contributed by atoms with E-state index < -0.39 is 22.0 Å². The molecule has 7 nitrogen and oxygen atoms in total. The van der Waals surface area contributed by atoms with E-state index in [-0.39, 0.29) is 19.0 Å². The summed E-state index contributed by atoms with van der Waals surface area (Å²) in [5.74, 6) is -0.649. The van der Waals surface area contributed by atoms with Crippen LogP contribution >= 0.6 is 0 Å². The number of aryl methyl sites for hydroxylation is 2. The first-order valence-electron chi connectivity index (χ1n) is 11.8. The molecule has 2 aromatic carbocycles. The van der Waals surface area contributed by atoms with Crippen LogP contribution in [0.2, 0.25) is 0 Å². The molecule has 34 heavy (non-hydrogen) atoms. The van der Waals surface area contributed by atoms with Crippen LogP contribution in [0, 0.1) is 6.92 Å². The Morgan fingerprint density at radius 3 is 2.15 bits per heavy atom. The van der Waals surface area contributed by atoms with Gasteiger partial charge in [0, 0.05) is 13.1 Å². The summed E-state index contributed by atoms with van der Waals surface area (Å²) in [6.45, 7) is 8.08. The van der Waals surface area contributed by atoms with Crippen LogP contribution < -0.4 is 9.62 Å². The topological polar surface area (TPSA) is 86.8 Å². The zero-order chi connectivity index (χ0) is 25.3. The average Bonchev–Trinajstić information content (AvgIpc) is 2.81. The van der Waals surface area contributed by atoms with Crippen LogP contribution in [0.25, 0.3) is 0 Å². The number of hydrogen-bond acceptors (Lipinski definition) is 4. The van der Waals surface area contributed by atoms with Crippen LogP contribution in [-0.4, -0.2) is 50.5 Å². The van der Waals surface area contributed by atoms with Gasteiger partial charge in [-0.25, -0.2) is 8.42 Å². The molecule has 8 heteroatoms. The molecule has 2 aromatic rings. The number of nitrogens with zero attached hydrogens (tertiary/aromatic N) is 2. The first-order chi connectivity index (χ1) is 16.1. The molecule has 0 fully saturated rings. The van der Waals surface area contributed by atoms with Gasteiger partial charge in [0.25, 0.3) is 0 Å². The number of rotatable bonds is 12. The summed E-state index contributed by atoms with van der Waals surface area (Å²) in [4.78, 5) is 28.2. The van der Waals surface area contributed by atoms with Crippen LogP contribution in [0.5, 0.6) is 0 Å². The van der Waals surface area contributed by atoms with E-state index in [1.54, 1.807) is 12.1 Å². The van der Waals surface area contributed by atoms with E-state index in [4.69, 9.17) is 0 Å². The molecule has 0 heterocycles. The fourth-order valence-electron chi connectivity index (χ4n) is 3.90. The van der Waals surface area contributed by atoms with Gasteiger partial charge in [0.05, 0.1) is 11.9 Å². The summed E-state index contributed by atoms with van der Waals surface area (Å²) in [7, 11) is -3.74. The van der Waals surface area contributed by atoms with Gasteiger partial charge < -0.3 is 10.2 Å². The maximum atomic E-state index is 13.7. The van der Waals surface area contributed by atoms with Crippen molar-refractivity contribution in [3.8, 4) is 0 Å². The number of nitrogens with one attached hydrogen (secondary N) is 1. The summed E-state index contributed by atoms with van der Waals surface area (Å²) < 4.78 is 26.7. The number of amides is 2. The van der Waals surface area contributed by atoms with Gasteiger partial charge in [-0.2, -0.15) is 0 Å². The Kier molecular flexibility index (Phi) is 10.1. The molecular weight excluding hydrogens is 450 g/mol. The molecule has 1 atom stereocenters. The van der Waals surface area contributed by atoms with Gasteiger partial charge in [0.2, 0.25) is 21.8 Å². The molecule has 0 bridgehead atoms. The summed E-state index contributed by atoms with van der Waals surface area (Å²) in [5, 5.41) is 2.89. The Morgan fingerprint density at radius 2 is 1.59 bits per heavy atom. The van der Waals surface area contributed by atoms with Crippen LogP contribution in [0.3, 0.4) is 0 Å². The Balaban J connectivity index is 2.47. The monoisotopic (exact) mass is 487 g/mol. The lowest BCUT2D eigenvalue weighted by Crippen LogP contribution is -2.52. The number of carbonyl (C=O) groups is 2. The molecule has 2 amide bonds. The fourth-order valence-corrected chi connectivity index (χ4v) is 4.78. The van der Waals surface area contributed by atoms with Crippen molar-refractivity contribution in [3.63, 3.8) is 0 Å². The molecule has 0 radical (unpaired) electrons. The SMILES string of the molecule is CCCNC(=O)C(CC)N(Cc1ccccc1C)C(=O)CN(c1ccccc1CC)S(C)(=O)=O. The molecule has 1 unspecified atom stereocenters. The summed E-state index contributed by atoms with van der Waals surface area (Å²) >= 11 is 0. The molecule has 0 aliphatic rings. The highest BCUT2D eigenvalue weighted by atomic mass is 32.2. The zero-order valence-corrected chi connectivity index (χ0v) is 21.7. The van der Waals surface area contributed by atoms with Crippen LogP contribution in [0.15, 0.2) is 48.5 Å². The summed E-state index contributed by atoms with van der Waals surface area (Å²) in [6.07, 6.45) is 2.92. The molecule has 0 aliphatic heterocycles. The van der Waals surface area contributed by atoms with Crippen molar-refractivity contribution in [1.29, 1.82) is 0 Å². The standard InChI is InChI=1S/C26H37N3O4S/c1-6-17-27-26(31)23(8-3)28(18-22-15-10-9-13-20(22)4)25(30)19-29(34(5,32)33)24-16-12-11-14-21(24)7-2/h9-16,23H,6-8,17-19H2,1-5H3,(H,27,31). The smallest absolute Gasteiger partial charge is 0.244 e. The Hall–Kier alpha value is -2.87. The van der Waals surface area contributed by atoms with Gasteiger partial charge >= 0.3 is 0 Å². The van der Waals surface area contributed by atoms with E-state index in [0.717, 1.165) is 33.7 Å². The average molecular weight is 488 g/mol. The molecule has 0 saturated heterocycles. The van der Waals surface area contributed by atoms with Gasteiger partial charge in [-0.1, -0.05) is 63.2 Å². The molecule has 0 spiro atoms. The van der Waals surface area contributed by atoms with Crippen molar-refractivity contribution in [3.05, 3.63) is 65.2 Å². The predicted octanol–water partition coefficient (Wildman–Crippen LogP) is 3.66. The first-order valence-corrected chi connectivity index (χ1v) is 13.7. The second-order valence-corrected chi connectivity index (χ2v) is 10.3. The number of benzene rings is 2. The van der Waals surface area contributed by atoms with E-state index in [0.29, 0.717) is 25.1 Å². The number of sulfonamides is 1. The second-order valence-electron chi connectivity index (χ2n) is 8.42. The zero-order valence-electron chi connectivity index (χ0n) is 20.9. The van der Waals surface area contributed by atoms with Crippen molar-refractivity contribution in [2.75, 3.05) is 23.7 Å². The van der Waals surface area contributed by atoms with Crippen molar-refractivity contribution < 1.29 is 18.0 Å². The van der Waals surface area contributed by atoms with Gasteiger partial charge in [0.1, 0.15) is 12.6 Å². The van der Waals surface area contributed by atoms with E-state index >= 15 is 0 Å². The summed E-state index contributed by atoms with van der Waals surface area (Å²) in [5.41, 5.74) is 3.23. The van der Waals surface area contributed by atoms with E-state index in [1.165, 1.54) is 4.90 Å². The normalized spacial score (nSPS) is 12.1. The Bertz CT molecular complexity index is 1080. The van der Waals surface area contributed by atoms with Crippen molar-refractivity contribution in [2.24, 2.45) is 0 Å². The lowest BCUT2D eigenvalue weighted by atomic mass is 10.1. The van der Waals surface area contributed by atoms with Crippen LogP contribution in [0.4, 0.5) is 5.69 Å². The maximum Gasteiger partial charge on any atom is 0.244 e. The van der Waals surface area contributed by atoms with E-state index in [2.05, 4.69) is 5.32 Å². The molecule has 1 N–H and O–H groups in total. The minimum absolute atomic E-state index is 0.219. The lowest BCUT2D eigenvalue weighted by Gasteiger charge is -2.33. The van der Waals surface area contributed by atoms with Crippen molar-refractivity contribution >= 4 is 27.5 Å².